The van der Waals surface area contributed by atoms with Gasteiger partial charge in [-0.2, -0.15) is 0 Å². The number of carbonyl (C=O) groups excluding carboxylic acids is 1. The molecular formula is C15H13BrClNO3. The van der Waals surface area contributed by atoms with Crippen molar-refractivity contribution in [1.29, 1.82) is 0 Å². The topological polar surface area (TPSA) is 61.5 Å². The van der Waals surface area contributed by atoms with Crippen LogP contribution < -0.4 is 10.5 Å². The maximum absolute atomic E-state index is 12.0. The SMILES string of the molecule is COc1cc(C(=O)OCc2ccc(Br)cc2Cl)ccc1N. The molecular weight excluding hydrogens is 358 g/mol. The van der Waals surface area contributed by atoms with Crippen molar-refractivity contribution in [3.8, 4) is 5.75 Å². The number of hydrogen-bond donors (Lipinski definition) is 1. The molecule has 6 heteroatoms. The fraction of sp³-hybridized carbons (Fsp3) is 0.133. The number of nitrogens with two attached hydrogens (primary N) is 1. The fourth-order valence-corrected chi connectivity index (χ4v) is 2.43. The normalized spacial score (nSPS) is 10.2. The lowest BCUT2D eigenvalue weighted by molar-refractivity contribution is 0.0472. The summed E-state index contributed by atoms with van der Waals surface area (Å²) in [4.78, 5) is 12.0. The number of methoxy groups -OCH3 is 1. The minimum absolute atomic E-state index is 0.0949. The molecule has 0 radical (unpaired) electrons. The molecule has 110 valence electrons. The van der Waals surface area contributed by atoms with Crippen LogP contribution in [0.5, 0.6) is 5.75 Å². The minimum Gasteiger partial charge on any atom is -0.495 e. The molecule has 0 aliphatic rings. The van der Waals surface area contributed by atoms with Crippen LogP contribution in [-0.4, -0.2) is 13.1 Å². The van der Waals surface area contributed by atoms with Crippen LogP contribution in [0.2, 0.25) is 5.02 Å². The quantitative estimate of drug-likeness (QED) is 0.651. The first-order valence-electron chi connectivity index (χ1n) is 6.06. The minimum atomic E-state index is -0.465. The molecule has 2 N–H and O–H groups in total. The Kier molecular flexibility index (Phi) is 5.09. The van der Waals surface area contributed by atoms with Crippen LogP contribution in [0.3, 0.4) is 0 Å². The molecule has 0 aromatic heterocycles. The van der Waals surface area contributed by atoms with Crippen LogP contribution in [-0.2, 0) is 11.3 Å². The van der Waals surface area contributed by atoms with E-state index in [0.29, 0.717) is 22.0 Å². The van der Waals surface area contributed by atoms with Gasteiger partial charge in [0.2, 0.25) is 0 Å². The zero-order chi connectivity index (χ0) is 15.4. The molecule has 2 aromatic rings. The summed E-state index contributed by atoms with van der Waals surface area (Å²) in [6.07, 6.45) is 0. The van der Waals surface area contributed by atoms with Crippen LogP contribution >= 0.6 is 27.5 Å². The Morgan fingerprint density at radius 2 is 2.05 bits per heavy atom. The van der Waals surface area contributed by atoms with Gasteiger partial charge in [-0.3, -0.25) is 0 Å². The van der Waals surface area contributed by atoms with Crippen molar-refractivity contribution in [2.45, 2.75) is 6.61 Å². The number of esters is 1. The number of halogens is 2. The summed E-state index contributed by atoms with van der Waals surface area (Å²) in [5, 5.41) is 0.534. The van der Waals surface area contributed by atoms with E-state index in [4.69, 9.17) is 26.8 Å². The van der Waals surface area contributed by atoms with E-state index in [9.17, 15) is 4.79 Å². The molecule has 21 heavy (non-hydrogen) atoms. The van der Waals surface area contributed by atoms with Gasteiger partial charge >= 0.3 is 5.97 Å². The van der Waals surface area contributed by atoms with Gasteiger partial charge in [-0.25, -0.2) is 4.79 Å². The largest absolute Gasteiger partial charge is 0.495 e. The highest BCUT2D eigenvalue weighted by molar-refractivity contribution is 9.10. The Balaban J connectivity index is 2.08. The molecule has 2 aromatic carbocycles. The van der Waals surface area contributed by atoms with Crippen molar-refractivity contribution in [3.63, 3.8) is 0 Å². The zero-order valence-corrected chi connectivity index (χ0v) is 13.6. The van der Waals surface area contributed by atoms with Crippen molar-refractivity contribution in [2.75, 3.05) is 12.8 Å². The third-order valence-corrected chi connectivity index (χ3v) is 3.69. The van der Waals surface area contributed by atoms with E-state index in [1.807, 2.05) is 6.07 Å². The van der Waals surface area contributed by atoms with E-state index in [1.54, 1.807) is 30.3 Å². The van der Waals surface area contributed by atoms with Crippen molar-refractivity contribution in [2.24, 2.45) is 0 Å². The van der Waals surface area contributed by atoms with Crippen molar-refractivity contribution < 1.29 is 14.3 Å². The second-order valence-electron chi connectivity index (χ2n) is 4.27. The maximum atomic E-state index is 12.0. The third-order valence-electron chi connectivity index (χ3n) is 2.84. The average Bonchev–Trinajstić information content (AvgIpc) is 2.46. The molecule has 0 saturated heterocycles. The lowest BCUT2D eigenvalue weighted by atomic mass is 10.2. The van der Waals surface area contributed by atoms with Gasteiger partial charge in [0.05, 0.1) is 18.4 Å². The number of anilines is 1. The van der Waals surface area contributed by atoms with Crippen LogP contribution in [0.25, 0.3) is 0 Å². The van der Waals surface area contributed by atoms with Gasteiger partial charge in [0, 0.05) is 15.1 Å². The second kappa shape index (κ2) is 6.83. The Labute approximate surface area is 135 Å². The summed E-state index contributed by atoms with van der Waals surface area (Å²) in [6, 6.07) is 10.1. The first-order chi connectivity index (χ1) is 10.0. The van der Waals surface area contributed by atoms with Crippen LogP contribution in [0.1, 0.15) is 15.9 Å². The van der Waals surface area contributed by atoms with E-state index in [1.165, 1.54) is 7.11 Å². The maximum Gasteiger partial charge on any atom is 0.338 e. The highest BCUT2D eigenvalue weighted by Gasteiger charge is 2.11. The molecule has 0 fully saturated rings. The number of hydrogen-bond acceptors (Lipinski definition) is 4. The van der Waals surface area contributed by atoms with E-state index < -0.39 is 5.97 Å². The predicted octanol–water partition coefficient (Wildman–Crippen LogP) is 4.05. The molecule has 0 atom stereocenters. The van der Waals surface area contributed by atoms with Crippen molar-refractivity contribution in [1.82, 2.24) is 0 Å². The van der Waals surface area contributed by atoms with Gasteiger partial charge in [-0.1, -0.05) is 33.6 Å². The monoisotopic (exact) mass is 369 g/mol. The summed E-state index contributed by atoms with van der Waals surface area (Å²) >= 11 is 9.39. The summed E-state index contributed by atoms with van der Waals surface area (Å²) in [5.74, 6) is -0.0293. The number of nitrogen functional groups attached to an aromatic ring is 1. The molecule has 0 bridgehead atoms. The molecule has 4 nitrogen and oxygen atoms in total. The van der Waals surface area contributed by atoms with Gasteiger partial charge in [0.25, 0.3) is 0 Å². The summed E-state index contributed by atoms with van der Waals surface area (Å²) in [7, 11) is 1.49. The molecule has 0 aliphatic heterocycles. The van der Waals surface area contributed by atoms with E-state index in [0.717, 1.165) is 10.0 Å². The average molecular weight is 371 g/mol. The first kappa shape index (κ1) is 15.7. The molecule has 0 amide bonds. The molecule has 2 rings (SSSR count). The van der Waals surface area contributed by atoms with Gasteiger partial charge in [0.1, 0.15) is 12.4 Å². The Morgan fingerprint density at radius 1 is 1.29 bits per heavy atom. The van der Waals surface area contributed by atoms with Gasteiger partial charge in [0.15, 0.2) is 0 Å². The van der Waals surface area contributed by atoms with E-state index in [2.05, 4.69) is 15.9 Å². The lowest BCUT2D eigenvalue weighted by Gasteiger charge is -2.09. The third kappa shape index (κ3) is 3.89. The standard InChI is InChI=1S/C15H13BrClNO3/c1-20-14-6-9(3-5-13(14)18)15(19)21-8-10-2-4-11(16)7-12(10)17/h2-7H,8,18H2,1H3. The van der Waals surface area contributed by atoms with Crippen molar-refractivity contribution >= 4 is 39.2 Å². The molecule has 0 aliphatic carbocycles. The fourth-order valence-electron chi connectivity index (χ4n) is 1.70. The smallest absolute Gasteiger partial charge is 0.338 e. The summed E-state index contributed by atoms with van der Waals surface area (Å²) in [6.45, 7) is 0.0949. The first-order valence-corrected chi connectivity index (χ1v) is 7.23. The number of carbonyl (C=O) groups is 1. The van der Waals surface area contributed by atoms with Gasteiger partial charge in [-0.15, -0.1) is 0 Å². The summed E-state index contributed by atoms with van der Waals surface area (Å²) in [5.41, 5.74) is 7.26. The van der Waals surface area contributed by atoms with Crippen LogP contribution in [0.4, 0.5) is 5.69 Å². The lowest BCUT2D eigenvalue weighted by Crippen LogP contribution is -2.06. The molecule has 0 unspecified atom stereocenters. The number of benzene rings is 2. The Hall–Kier alpha value is -1.72. The van der Waals surface area contributed by atoms with E-state index in [-0.39, 0.29) is 6.61 Å². The second-order valence-corrected chi connectivity index (χ2v) is 5.59. The van der Waals surface area contributed by atoms with Crippen molar-refractivity contribution in [3.05, 3.63) is 57.0 Å². The summed E-state index contributed by atoms with van der Waals surface area (Å²) < 4.78 is 11.2. The Morgan fingerprint density at radius 3 is 2.71 bits per heavy atom. The number of ether oxygens (including phenoxy) is 2. The van der Waals surface area contributed by atoms with E-state index >= 15 is 0 Å². The zero-order valence-electron chi connectivity index (χ0n) is 11.2. The van der Waals surface area contributed by atoms with Gasteiger partial charge in [-0.05, 0) is 30.3 Å². The highest BCUT2D eigenvalue weighted by atomic mass is 79.9. The predicted molar refractivity (Wildman–Crippen MR) is 85.7 cm³/mol. The Bertz CT molecular complexity index is 676. The number of rotatable bonds is 4. The molecule has 0 saturated carbocycles. The van der Waals surface area contributed by atoms with Crippen LogP contribution in [0.15, 0.2) is 40.9 Å². The molecule has 0 spiro atoms. The molecule has 0 heterocycles. The van der Waals surface area contributed by atoms with Crippen LogP contribution in [0, 0.1) is 0 Å². The highest BCUT2D eigenvalue weighted by Crippen LogP contribution is 2.24. The van der Waals surface area contributed by atoms with Gasteiger partial charge < -0.3 is 15.2 Å².